The average molecular weight is 397 g/mol. The van der Waals surface area contributed by atoms with Crippen LogP contribution in [0.3, 0.4) is 0 Å². The first-order valence-electron chi connectivity index (χ1n) is 11.1. The maximum atomic E-state index is 2.35. The molecule has 1 aromatic heterocycles. The van der Waals surface area contributed by atoms with Crippen molar-refractivity contribution in [1.82, 2.24) is 0 Å². The van der Waals surface area contributed by atoms with E-state index in [4.69, 9.17) is 0 Å². The second-order valence-electron chi connectivity index (χ2n) is 8.43. The Kier molecular flexibility index (Phi) is 7.41. The summed E-state index contributed by atoms with van der Waals surface area (Å²) in [7, 11) is 0. The third-order valence-corrected chi connectivity index (χ3v) is 5.57. The molecule has 0 N–H and O–H groups in total. The first kappa shape index (κ1) is 21.8. The van der Waals surface area contributed by atoms with Gasteiger partial charge in [0.05, 0.1) is 0 Å². The monoisotopic (exact) mass is 396 g/mol. The summed E-state index contributed by atoms with van der Waals surface area (Å²) in [5, 5.41) is 0. The molecule has 0 atom stereocenters. The fourth-order valence-electron chi connectivity index (χ4n) is 3.58. The van der Waals surface area contributed by atoms with Crippen LogP contribution in [0.5, 0.6) is 0 Å². The lowest BCUT2D eigenvalue weighted by Crippen LogP contribution is -2.38. The molecule has 0 saturated heterocycles. The molecule has 1 heterocycles. The summed E-state index contributed by atoms with van der Waals surface area (Å²) in [6.45, 7) is 12.0. The Morgan fingerprint density at radius 3 is 1.33 bits per heavy atom. The van der Waals surface area contributed by atoms with Crippen LogP contribution in [0.25, 0.3) is 24.3 Å². The lowest BCUT2D eigenvalue weighted by atomic mass is 10.0. The van der Waals surface area contributed by atoms with E-state index in [2.05, 4.69) is 130 Å². The van der Waals surface area contributed by atoms with E-state index in [9.17, 15) is 0 Å². The minimum atomic E-state index is 0.565. The van der Waals surface area contributed by atoms with Crippen molar-refractivity contribution in [2.45, 2.75) is 53.0 Å². The maximum Gasteiger partial charge on any atom is 0.205 e. The Labute approximate surface area is 182 Å². The summed E-state index contributed by atoms with van der Waals surface area (Å²) in [5.74, 6) is 1.13. The van der Waals surface area contributed by atoms with E-state index in [1.54, 1.807) is 0 Å². The van der Waals surface area contributed by atoms with Crippen LogP contribution in [0.1, 0.15) is 80.1 Å². The van der Waals surface area contributed by atoms with Crippen LogP contribution in [0.4, 0.5) is 0 Å². The third kappa shape index (κ3) is 5.57. The van der Waals surface area contributed by atoms with Gasteiger partial charge in [-0.2, -0.15) is 4.57 Å². The van der Waals surface area contributed by atoms with Crippen molar-refractivity contribution in [2.75, 3.05) is 0 Å². The molecule has 0 bridgehead atoms. The van der Waals surface area contributed by atoms with Gasteiger partial charge in [0.15, 0.2) is 0 Å². The highest BCUT2D eigenvalue weighted by Crippen LogP contribution is 2.17. The van der Waals surface area contributed by atoms with E-state index in [0.717, 1.165) is 6.54 Å². The van der Waals surface area contributed by atoms with Crippen molar-refractivity contribution < 1.29 is 4.57 Å². The molecule has 2 aromatic carbocycles. The lowest BCUT2D eigenvalue weighted by molar-refractivity contribution is -0.696. The van der Waals surface area contributed by atoms with E-state index >= 15 is 0 Å². The number of aromatic nitrogens is 1. The van der Waals surface area contributed by atoms with Gasteiger partial charge in [0.25, 0.3) is 0 Å². The highest BCUT2D eigenvalue weighted by Gasteiger charge is 2.10. The molecule has 0 aliphatic heterocycles. The van der Waals surface area contributed by atoms with E-state index in [1.807, 2.05) is 0 Å². The molecule has 0 spiro atoms. The second kappa shape index (κ2) is 10.2. The summed E-state index contributed by atoms with van der Waals surface area (Å²) in [4.78, 5) is 0. The summed E-state index contributed by atoms with van der Waals surface area (Å²) >= 11 is 0. The highest BCUT2D eigenvalue weighted by molar-refractivity contribution is 5.69. The van der Waals surface area contributed by atoms with Gasteiger partial charge in [0.1, 0.15) is 6.54 Å². The van der Waals surface area contributed by atoms with Crippen molar-refractivity contribution in [3.8, 4) is 0 Å². The largest absolute Gasteiger partial charge is 0.205 e. The topological polar surface area (TPSA) is 3.88 Å². The fourth-order valence-corrected chi connectivity index (χ4v) is 3.58. The van der Waals surface area contributed by atoms with Gasteiger partial charge in [-0.25, -0.2) is 0 Å². The lowest BCUT2D eigenvalue weighted by Gasteiger charge is -2.05. The van der Waals surface area contributed by atoms with Crippen LogP contribution in [0, 0.1) is 0 Å². The third-order valence-electron chi connectivity index (χ3n) is 5.57. The smallest absolute Gasteiger partial charge is 0.193 e. The molecule has 154 valence electrons. The van der Waals surface area contributed by atoms with Gasteiger partial charge < -0.3 is 0 Å². The molecule has 1 heteroatoms. The summed E-state index contributed by atoms with van der Waals surface area (Å²) in [6.07, 6.45) is 8.82. The van der Waals surface area contributed by atoms with Gasteiger partial charge in [-0.05, 0) is 59.2 Å². The first-order valence-corrected chi connectivity index (χ1v) is 11.1. The minimum absolute atomic E-state index is 0.565. The highest BCUT2D eigenvalue weighted by atomic mass is 15.0. The van der Waals surface area contributed by atoms with Crippen molar-refractivity contribution >= 4 is 24.3 Å². The Morgan fingerprint density at radius 2 is 1.00 bits per heavy atom. The molecule has 0 aliphatic rings. The SMILES string of the molecule is CC[n+]1c(/C=C/c2ccc(C(C)C)cc2)cccc1/C=C/c1ccc(C(C)C)cc1. The maximum absolute atomic E-state index is 2.35. The minimum Gasteiger partial charge on any atom is -0.193 e. The van der Waals surface area contributed by atoms with Gasteiger partial charge >= 0.3 is 0 Å². The Morgan fingerprint density at radius 1 is 0.600 bits per heavy atom. The summed E-state index contributed by atoms with van der Waals surface area (Å²) in [5.41, 5.74) is 7.64. The predicted octanol–water partition coefficient (Wildman–Crippen LogP) is 7.58. The van der Waals surface area contributed by atoms with Crippen LogP contribution in [0.15, 0.2) is 66.7 Å². The number of hydrogen-bond acceptors (Lipinski definition) is 0. The van der Waals surface area contributed by atoms with Crippen molar-refractivity contribution in [3.63, 3.8) is 0 Å². The molecular weight excluding hydrogens is 362 g/mol. The van der Waals surface area contributed by atoms with Crippen LogP contribution in [0.2, 0.25) is 0 Å². The number of benzene rings is 2. The van der Waals surface area contributed by atoms with E-state index in [1.165, 1.54) is 33.6 Å². The number of rotatable bonds is 7. The molecule has 0 radical (unpaired) electrons. The number of nitrogens with zero attached hydrogens (tertiary/aromatic N) is 1. The molecule has 30 heavy (non-hydrogen) atoms. The Hall–Kier alpha value is -2.93. The van der Waals surface area contributed by atoms with E-state index < -0.39 is 0 Å². The van der Waals surface area contributed by atoms with Crippen molar-refractivity contribution in [3.05, 3.63) is 100 Å². The Balaban J connectivity index is 1.81. The molecule has 1 nitrogen and oxygen atoms in total. The quantitative estimate of drug-likeness (QED) is 0.362. The average Bonchev–Trinajstić information content (AvgIpc) is 2.76. The van der Waals surface area contributed by atoms with Crippen LogP contribution in [-0.4, -0.2) is 0 Å². The zero-order chi connectivity index (χ0) is 21.5. The standard InChI is InChI=1S/C29H34N/c1-6-30-28(20-14-24-10-16-26(17-11-24)22(2)3)8-7-9-29(30)21-15-25-12-18-27(19-13-25)23(4)5/h7-23H,6H2,1-5H3/q+1/b20-14+,21-15+. The zero-order valence-electron chi connectivity index (χ0n) is 19.0. The fraction of sp³-hybridized carbons (Fsp3) is 0.276. The van der Waals surface area contributed by atoms with Crippen LogP contribution < -0.4 is 4.57 Å². The van der Waals surface area contributed by atoms with Gasteiger partial charge in [-0.1, -0.05) is 76.2 Å². The van der Waals surface area contributed by atoms with Crippen LogP contribution in [-0.2, 0) is 6.54 Å². The van der Waals surface area contributed by atoms with Gasteiger partial charge in [0, 0.05) is 24.3 Å². The summed E-state index contributed by atoms with van der Waals surface area (Å²) in [6, 6.07) is 24.2. The molecule has 0 aliphatic carbocycles. The van der Waals surface area contributed by atoms with Gasteiger partial charge in [-0.3, -0.25) is 0 Å². The molecular formula is C29H34N+. The summed E-state index contributed by atoms with van der Waals surface area (Å²) < 4.78 is 2.35. The second-order valence-corrected chi connectivity index (χ2v) is 8.43. The van der Waals surface area contributed by atoms with Gasteiger partial charge in [-0.15, -0.1) is 0 Å². The van der Waals surface area contributed by atoms with Crippen molar-refractivity contribution in [2.24, 2.45) is 0 Å². The number of hydrogen-bond donors (Lipinski definition) is 0. The molecule has 3 rings (SSSR count). The molecule has 0 amide bonds. The van der Waals surface area contributed by atoms with Crippen LogP contribution >= 0.6 is 0 Å². The number of pyridine rings is 1. The first-order chi connectivity index (χ1) is 14.5. The molecule has 0 unspecified atom stereocenters. The van der Waals surface area contributed by atoms with Gasteiger partial charge in [0.2, 0.25) is 11.4 Å². The zero-order valence-corrected chi connectivity index (χ0v) is 19.0. The molecule has 3 aromatic rings. The Bertz CT molecular complexity index is 923. The predicted molar refractivity (Wildman–Crippen MR) is 131 cm³/mol. The normalized spacial score (nSPS) is 12.0. The van der Waals surface area contributed by atoms with Crippen molar-refractivity contribution in [1.29, 1.82) is 0 Å². The molecule has 0 fully saturated rings. The van der Waals surface area contributed by atoms with E-state index in [-0.39, 0.29) is 0 Å². The van der Waals surface area contributed by atoms with E-state index in [0.29, 0.717) is 11.8 Å². The molecule has 0 saturated carbocycles.